The number of nitrogens with two attached hydrogens (primary N) is 1. The molecule has 0 radical (unpaired) electrons. The van der Waals surface area contributed by atoms with E-state index in [1.807, 2.05) is 6.07 Å². The highest BCUT2D eigenvalue weighted by atomic mass is 16.5. The van der Waals surface area contributed by atoms with E-state index in [4.69, 9.17) is 10.5 Å². The van der Waals surface area contributed by atoms with E-state index in [0.29, 0.717) is 0 Å². The van der Waals surface area contributed by atoms with Crippen LogP contribution in [0.4, 0.5) is 11.8 Å². The molecule has 0 amide bonds. The van der Waals surface area contributed by atoms with Crippen molar-refractivity contribution < 1.29 is 4.74 Å². The Morgan fingerprint density at radius 2 is 2.06 bits per heavy atom. The van der Waals surface area contributed by atoms with Gasteiger partial charge in [0.1, 0.15) is 5.82 Å². The van der Waals surface area contributed by atoms with Gasteiger partial charge in [0.2, 0.25) is 5.95 Å². The minimum atomic E-state index is 0.284. The highest BCUT2D eigenvalue weighted by Crippen LogP contribution is 2.24. The summed E-state index contributed by atoms with van der Waals surface area (Å²) < 4.78 is 5.33. The zero-order valence-electron chi connectivity index (χ0n) is 9.33. The van der Waals surface area contributed by atoms with Crippen LogP contribution in [0.1, 0.15) is 0 Å². The molecule has 0 aliphatic carbocycles. The van der Waals surface area contributed by atoms with Gasteiger partial charge in [-0.15, -0.1) is 0 Å². The zero-order chi connectivity index (χ0) is 11.7. The smallest absolute Gasteiger partial charge is 0.222 e. The van der Waals surface area contributed by atoms with E-state index in [1.165, 1.54) is 0 Å². The number of nitrogen functional groups attached to an aromatic ring is 1. The van der Waals surface area contributed by atoms with Crippen molar-refractivity contribution in [3.63, 3.8) is 0 Å². The Kier molecular flexibility index (Phi) is 2.49. The number of pyridine rings is 1. The molecule has 2 aromatic rings. The van der Waals surface area contributed by atoms with E-state index in [9.17, 15) is 0 Å². The Labute approximate surface area is 98.4 Å². The summed E-state index contributed by atoms with van der Waals surface area (Å²) in [7, 11) is 0. The van der Waals surface area contributed by atoms with Crippen LogP contribution in [0.2, 0.25) is 0 Å². The molecule has 0 bridgehead atoms. The summed E-state index contributed by atoms with van der Waals surface area (Å²) in [5, 5.41) is 0.983. The first-order valence-corrected chi connectivity index (χ1v) is 5.54. The molecule has 88 valence electrons. The number of nitrogens with zero attached hydrogens (tertiary/aromatic N) is 4. The maximum Gasteiger partial charge on any atom is 0.222 e. The second-order valence-corrected chi connectivity index (χ2v) is 3.90. The molecule has 17 heavy (non-hydrogen) atoms. The summed E-state index contributed by atoms with van der Waals surface area (Å²) >= 11 is 0. The lowest BCUT2D eigenvalue weighted by Crippen LogP contribution is -2.37. The molecule has 0 saturated carbocycles. The van der Waals surface area contributed by atoms with Crippen molar-refractivity contribution in [1.29, 1.82) is 0 Å². The molecule has 1 fully saturated rings. The molecule has 3 rings (SSSR count). The first-order chi connectivity index (χ1) is 8.34. The lowest BCUT2D eigenvalue weighted by Gasteiger charge is -2.28. The number of ether oxygens (including phenoxy) is 1. The second-order valence-electron chi connectivity index (χ2n) is 3.90. The highest BCUT2D eigenvalue weighted by molar-refractivity contribution is 5.89. The SMILES string of the molecule is Nc1nc(N2CCOCC2)c2ccncc2n1. The van der Waals surface area contributed by atoms with Crippen molar-refractivity contribution in [2.45, 2.75) is 0 Å². The number of anilines is 2. The van der Waals surface area contributed by atoms with Gasteiger partial charge in [-0.2, -0.15) is 4.98 Å². The zero-order valence-corrected chi connectivity index (χ0v) is 9.33. The highest BCUT2D eigenvalue weighted by Gasteiger charge is 2.16. The lowest BCUT2D eigenvalue weighted by atomic mass is 10.2. The summed E-state index contributed by atoms with van der Waals surface area (Å²) in [6.07, 6.45) is 3.45. The fourth-order valence-electron chi connectivity index (χ4n) is 2.00. The molecule has 6 nitrogen and oxygen atoms in total. The van der Waals surface area contributed by atoms with Gasteiger partial charge in [0.05, 0.1) is 24.9 Å². The van der Waals surface area contributed by atoms with Gasteiger partial charge in [0.25, 0.3) is 0 Å². The third-order valence-corrected chi connectivity index (χ3v) is 2.81. The summed E-state index contributed by atoms with van der Waals surface area (Å²) in [6.45, 7) is 3.09. The van der Waals surface area contributed by atoms with Crippen LogP contribution in [-0.2, 0) is 4.74 Å². The fourth-order valence-corrected chi connectivity index (χ4v) is 2.00. The topological polar surface area (TPSA) is 77.2 Å². The van der Waals surface area contributed by atoms with Gasteiger partial charge in [-0.3, -0.25) is 4.98 Å². The quantitative estimate of drug-likeness (QED) is 0.767. The van der Waals surface area contributed by atoms with Gasteiger partial charge in [-0.25, -0.2) is 4.98 Å². The van der Waals surface area contributed by atoms with Crippen LogP contribution >= 0.6 is 0 Å². The Morgan fingerprint density at radius 3 is 2.88 bits per heavy atom. The van der Waals surface area contributed by atoms with Gasteiger partial charge in [-0.05, 0) is 6.07 Å². The van der Waals surface area contributed by atoms with Crippen LogP contribution in [0.5, 0.6) is 0 Å². The standard InChI is InChI=1S/C11H13N5O/c12-11-14-9-7-13-2-1-8(9)10(15-11)16-3-5-17-6-4-16/h1-2,7H,3-6H2,(H2,12,14,15). The molecule has 2 aromatic heterocycles. The number of hydrogen-bond acceptors (Lipinski definition) is 6. The van der Waals surface area contributed by atoms with Crippen molar-refractivity contribution in [2.75, 3.05) is 36.9 Å². The third kappa shape index (κ3) is 1.87. The van der Waals surface area contributed by atoms with E-state index >= 15 is 0 Å². The minimum Gasteiger partial charge on any atom is -0.378 e. The number of hydrogen-bond donors (Lipinski definition) is 1. The second kappa shape index (κ2) is 4.14. The Balaban J connectivity index is 2.13. The summed E-state index contributed by atoms with van der Waals surface area (Å²) in [4.78, 5) is 14.7. The number of morpholine rings is 1. The average Bonchev–Trinajstić information content (AvgIpc) is 2.39. The van der Waals surface area contributed by atoms with Crippen LogP contribution in [0.15, 0.2) is 18.5 Å². The molecule has 1 aliphatic rings. The van der Waals surface area contributed by atoms with E-state index < -0.39 is 0 Å². The van der Waals surface area contributed by atoms with Gasteiger partial charge in [0, 0.05) is 24.7 Å². The van der Waals surface area contributed by atoms with Gasteiger partial charge >= 0.3 is 0 Å². The maximum absolute atomic E-state index is 5.72. The van der Waals surface area contributed by atoms with Crippen LogP contribution < -0.4 is 10.6 Å². The van der Waals surface area contributed by atoms with Crippen LogP contribution in [0, 0.1) is 0 Å². The van der Waals surface area contributed by atoms with Crippen molar-refractivity contribution in [1.82, 2.24) is 15.0 Å². The first-order valence-electron chi connectivity index (χ1n) is 5.54. The van der Waals surface area contributed by atoms with E-state index in [1.54, 1.807) is 12.4 Å². The first kappa shape index (κ1) is 10.2. The summed E-state index contributed by atoms with van der Waals surface area (Å²) in [5.41, 5.74) is 6.50. The van der Waals surface area contributed by atoms with Crippen molar-refractivity contribution >= 4 is 22.7 Å². The van der Waals surface area contributed by atoms with Crippen LogP contribution in [0.25, 0.3) is 10.9 Å². The molecular weight excluding hydrogens is 218 g/mol. The van der Waals surface area contributed by atoms with Crippen molar-refractivity contribution in [3.05, 3.63) is 18.5 Å². The molecule has 0 aromatic carbocycles. The predicted molar refractivity (Wildman–Crippen MR) is 64.8 cm³/mol. The van der Waals surface area contributed by atoms with Crippen molar-refractivity contribution in [3.8, 4) is 0 Å². The fraction of sp³-hybridized carbons (Fsp3) is 0.364. The number of fused-ring (bicyclic) bond motifs is 1. The molecule has 6 heteroatoms. The minimum absolute atomic E-state index is 0.284. The normalized spacial score (nSPS) is 16.4. The molecule has 1 saturated heterocycles. The molecular formula is C11H13N5O. The lowest BCUT2D eigenvalue weighted by molar-refractivity contribution is 0.122. The van der Waals surface area contributed by atoms with Crippen LogP contribution in [0.3, 0.4) is 0 Å². The third-order valence-electron chi connectivity index (χ3n) is 2.81. The molecule has 1 aliphatic heterocycles. The molecule has 0 unspecified atom stereocenters. The predicted octanol–water partition coefficient (Wildman–Crippen LogP) is 0.444. The van der Waals surface area contributed by atoms with E-state index in [0.717, 1.165) is 43.0 Å². The number of rotatable bonds is 1. The Bertz CT molecular complexity index is 538. The monoisotopic (exact) mass is 231 g/mol. The molecule has 0 spiro atoms. The van der Waals surface area contributed by atoms with E-state index in [-0.39, 0.29) is 5.95 Å². The van der Waals surface area contributed by atoms with Gasteiger partial charge in [-0.1, -0.05) is 0 Å². The van der Waals surface area contributed by atoms with Crippen LogP contribution in [-0.4, -0.2) is 41.3 Å². The van der Waals surface area contributed by atoms with Crippen molar-refractivity contribution in [2.24, 2.45) is 0 Å². The molecule has 0 atom stereocenters. The van der Waals surface area contributed by atoms with Gasteiger partial charge in [0.15, 0.2) is 0 Å². The summed E-state index contributed by atoms with van der Waals surface area (Å²) in [6, 6.07) is 1.92. The average molecular weight is 231 g/mol. The van der Waals surface area contributed by atoms with Gasteiger partial charge < -0.3 is 15.4 Å². The molecule has 2 N–H and O–H groups in total. The Hall–Kier alpha value is -1.95. The Morgan fingerprint density at radius 1 is 1.24 bits per heavy atom. The number of aromatic nitrogens is 3. The largest absolute Gasteiger partial charge is 0.378 e. The summed E-state index contributed by atoms with van der Waals surface area (Å²) in [5.74, 6) is 1.16. The maximum atomic E-state index is 5.72. The van der Waals surface area contributed by atoms with E-state index in [2.05, 4.69) is 19.9 Å². The molecule has 3 heterocycles.